The SMILES string of the molecule is COc1ccc(Cn2c(C)c(CNCc3ccccc3Br)c(C(=O)O)c2C)cc1. The van der Waals surface area contributed by atoms with Gasteiger partial charge in [-0.05, 0) is 43.2 Å². The van der Waals surface area contributed by atoms with E-state index in [1.54, 1.807) is 7.11 Å². The van der Waals surface area contributed by atoms with Gasteiger partial charge < -0.3 is 19.7 Å². The molecular formula is C23H25BrN2O3. The number of hydrogen-bond acceptors (Lipinski definition) is 3. The summed E-state index contributed by atoms with van der Waals surface area (Å²) in [7, 11) is 1.64. The van der Waals surface area contributed by atoms with E-state index in [0.29, 0.717) is 25.2 Å². The molecule has 0 fully saturated rings. The smallest absolute Gasteiger partial charge is 0.337 e. The molecule has 0 aliphatic heterocycles. The van der Waals surface area contributed by atoms with Gasteiger partial charge in [0, 0.05) is 41.1 Å². The number of hydrogen-bond donors (Lipinski definition) is 2. The predicted octanol–water partition coefficient (Wildman–Crippen LogP) is 4.91. The van der Waals surface area contributed by atoms with Crippen LogP contribution < -0.4 is 10.1 Å². The summed E-state index contributed by atoms with van der Waals surface area (Å²) in [5.41, 5.74) is 5.18. The minimum absolute atomic E-state index is 0.385. The van der Waals surface area contributed by atoms with Crippen molar-refractivity contribution in [3.05, 3.63) is 86.6 Å². The quantitative estimate of drug-likeness (QED) is 0.505. The zero-order valence-electron chi connectivity index (χ0n) is 16.8. The van der Waals surface area contributed by atoms with Gasteiger partial charge in [-0.1, -0.05) is 46.3 Å². The van der Waals surface area contributed by atoms with Crippen LogP contribution in [0.5, 0.6) is 5.75 Å². The van der Waals surface area contributed by atoms with E-state index in [-0.39, 0.29) is 0 Å². The van der Waals surface area contributed by atoms with Crippen molar-refractivity contribution in [2.45, 2.75) is 33.5 Å². The van der Waals surface area contributed by atoms with E-state index < -0.39 is 5.97 Å². The van der Waals surface area contributed by atoms with Crippen molar-refractivity contribution < 1.29 is 14.6 Å². The number of halogens is 1. The molecule has 0 aliphatic carbocycles. The topological polar surface area (TPSA) is 63.5 Å². The second-order valence-electron chi connectivity index (χ2n) is 6.96. The summed E-state index contributed by atoms with van der Waals surface area (Å²) in [5, 5.41) is 13.2. The third-order valence-corrected chi connectivity index (χ3v) is 5.97. The fourth-order valence-corrected chi connectivity index (χ4v) is 3.99. The predicted molar refractivity (Wildman–Crippen MR) is 118 cm³/mol. The highest BCUT2D eigenvalue weighted by Gasteiger charge is 2.22. The molecule has 0 radical (unpaired) electrons. The minimum Gasteiger partial charge on any atom is -0.497 e. The number of nitrogens with zero attached hydrogens (tertiary/aromatic N) is 1. The standard InChI is InChI=1S/C23H25BrN2O3/c1-15-20(13-25-12-18-6-4-5-7-21(18)24)22(23(27)28)16(2)26(15)14-17-8-10-19(29-3)11-9-17/h4-11,25H,12-14H2,1-3H3,(H,27,28). The van der Waals surface area contributed by atoms with Crippen LogP contribution in [0.4, 0.5) is 0 Å². The number of carboxylic acids is 1. The van der Waals surface area contributed by atoms with E-state index in [1.807, 2.05) is 62.4 Å². The number of carboxylic acid groups (broad SMARTS) is 1. The molecule has 3 rings (SSSR count). The molecule has 0 unspecified atom stereocenters. The summed E-state index contributed by atoms with van der Waals surface area (Å²) in [6.07, 6.45) is 0. The number of nitrogens with one attached hydrogen (secondary N) is 1. The molecule has 0 spiro atoms. The molecule has 1 aromatic heterocycles. The summed E-state index contributed by atoms with van der Waals surface area (Å²) >= 11 is 3.55. The van der Waals surface area contributed by atoms with E-state index >= 15 is 0 Å². The largest absolute Gasteiger partial charge is 0.497 e. The lowest BCUT2D eigenvalue weighted by molar-refractivity contribution is 0.0694. The molecule has 5 nitrogen and oxygen atoms in total. The monoisotopic (exact) mass is 456 g/mol. The average molecular weight is 457 g/mol. The Kier molecular flexibility index (Phi) is 6.77. The zero-order valence-corrected chi connectivity index (χ0v) is 18.4. The van der Waals surface area contributed by atoms with Gasteiger partial charge in [-0.2, -0.15) is 0 Å². The van der Waals surface area contributed by atoms with Crippen LogP contribution in [0.1, 0.15) is 38.4 Å². The van der Waals surface area contributed by atoms with Crippen molar-refractivity contribution in [1.29, 1.82) is 0 Å². The van der Waals surface area contributed by atoms with E-state index in [4.69, 9.17) is 4.74 Å². The van der Waals surface area contributed by atoms with E-state index in [2.05, 4.69) is 25.8 Å². The molecule has 6 heteroatoms. The summed E-state index contributed by atoms with van der Waals surface area (Å²) in [4.78, 5) is 12.0. The maximum absolute atomic E-state index is 12.0. The number of benzene rings is 2. The molecular weight excluding hydrogens is 432 g/mol. The van der Waals surface area contributed by atoms with Gasteiger partial charge >= 0.3 is 5.97 Å². The van der Waals surface area contributed by atoms with Gasteiger partial charge in [0.1, 0.15) is 5.75 Å². The molecule has 0 saturated carbocycles. The minimum atomic E-state index is -0.892. The third-order valence-electron chi connectivity index (χ3n) is 5.20. The number of methoxy groups -OCH3 is 1. The Morgan fingerprint density at radius 3 is 2.38 bits per heavy atom. The molecule has 0 saturated heterocycles. The molecule has 2 aromatic carbocycles. The van der Waals surface area contributed by atoms with Gasteiger partial charge in [0.15, 0.2) is 0 Å². The Morgan fingerprint density at radius 2 is 1.76 bits per heavy atom. The molecule has 2 N–H and O–H groups in total. The van der Waals surface area contributed by atoms with Crippen LogP contribution in [0.3, 0.4) is 0 Å². The fraction of sp³-hybridized carbons (Fsp3) is 0.261. The molecule has 0 amide bonds. The molecule has 0 bridgehead atoms. The maximum Gasteiger partial charge on any atom is 0.337 e. The van der Waals surface area contributed by atoms with Gasteiger partial charge in [0.05, 0.1) is 12.7 Å². The molecule has 152 valence electrons. The van der Waals surface area contributed by atoms with Gasteiger partial charge in [-0.3, -0.25) is 0 Å². The zero-order chi connectivity index (χ0) is 21.0. The number of rotatable bonds is 8. The van der Waals surface area contributed by atoms with Crippen LogP contribution in [0.2, 0.25) is 0 Å². The van der Waals surface area contributed by atoms with Crippen molar-refractivity contribution in [1.82, 2.24) is 9.88 Å². The van der Waals surface area contributed by atoms with E-state index in [1.165, 1.54) is 0 Å². The van der Waals surface area contributed by atoms with Crippen LogP contribution in [0, 0.1) is 13.8 Å². The first-order valence-electron chi connectivity index (χ1n) is 9.41. The van der Waals surface area contributed by atoms with Crippen molar-refractivity contribution in [3.8, 4) is 5.75 Å². The third kappa shape index (κ3) is 4.71. The van der Waals surface area contributed by atoms with Crippen LogP contribution in [-0.2, 0) is 19.6 Å². The molecule has 29 heavy (non-hydrogen) atoms. The van der Waals surface area contributed by atoms with Crippen LogP contribution in [-0.4, -0.2) is 22.8 Å². The average Bonchev–Trinajstić information content (AvgIpc) is 2.94. The Labute approximate surface area is 179 Å². The molecule has 1 heterocycles. The lowest BCUT2D eigenvalue weighted by Crippen LogP contribution is -2.16. The lowest BCUT2D eigenvalue weighted by atomic mass is 10.1. The summed E-state index contributed by atoms with van der Waals surface area (Å²) in [6.45, 7) is 5.62. The Hall–Kier alpha value is -2.57. The number of ether oxygens (including phenoxy) is 1. The first-order valence-corrected chi connectivity index (χ1v) is 10.2. The Bertz CT molecular complexity index is 1010. The van der Waals surface area contributed by atoms with Gasteiger partial charge in [-0.25, -0.2) is 4.79 Å². The van der Waals surface area contributed by atoms with E-state index in [9.17, 15) is 9.90 Å². The highest BCUT2D eigenvalue weighted by Crippen LogP contribution is 2.25. The van der Waals surface area contributed by atoms with Crippen LogP contribution >= 0.6 is 15.9 Å². The number of carbonyl (C=O) groups is 1. The summed E-state index contributed by atoms with van der Waals surface area (Å²) in [5.74, 6) is -0.0883. The highest BCUT2D eigenvalue weighted by molar-refractivity contribution is 9.10. The van der Waals surface area contributed by atoms with Gasteiger partial charge in [0.2, 0.25) is 0 Å². The first-order chi connectivity index (χ1) is 13.9. The van der Waals surface area contributed by atoms with Crippen molar-refractivity contribution in [2.75, 3.05) is 7.11 Å². The van der Waals surface area contributed by atoms with Crippen LogP contribution in [0.25, 0.3) is 0 Å². The van der Waals surface area contributed by atoms with Gasteiger partial charge in [0.25, 0.3) is 0 Å². The van der Waals surface area contributed by atoms with Crippen molar-refractivity contribution in [2.24, 2.45) is 0 Å². The highest BCUT2D eigenvalue weighted by atomic mass is 79.9. The fourth-order valence-electron chi connectivity index (χ4n) is 3.56. The molecule has 3 aromatic rings. The second kappa shape index (κ2) is 9.29. The van der Waals surface area contributed by atoms with Gasteiger partial charge in [-0.15, -0.1) is 0 Å². The number of aromatic nitrogens is 1. The lowest BCUT2D eigenvalue weighted by Gasteiger charge is -2.11. The maximum atomic E-state index is 12.0. The Balaban J connectivity index is 1.83. The summed E-state index contributed by atoms with van der Waals surface area (Å²) in [6, 6.07) is 15.9. The van der Waals surface area contributed by atoms with Crippen LogP contribution in [0.15, 0.2) is 53.0 Å². The normalized spacial score (nSPS) is 10.9. The molecule has 0 atom stereocenters. The Morgan fingerprint density at radius 1 is 1.07 bits per heavy atom. The van der Waals surface area contributed by atoms with Crippen molar-refractivity contribution in [3.63, 3.8) is 0 Å². The van der Waals surface area contributed by atoms with Crippen molar-refractivity contribution >= 4 is 21.9 Å². The number of aromatic carboxylic acids is 1. The molecule has 0 aliphatic rings. The second-order valence-corrected chi connectivity index (χ2v) is 7.81. The first kappa shape index (κ1) is 21.1. The summed E-state index contributed by atoms with van der Waals surface area (Å²) < 4.78 is 8.32. The van der Waals surface area contributed by atoms with E-state index in [0.717, 1.165) is 38.3 Å².